The third-order valence-electron chi connectivity index (χ3n) is 6.01. The van der Waals surface area contributed by atoms with Crippen LogP contribution in [0, 0.1) is 6.92 Å². The molecule has 1 saturated heterocycles. The van der Waals surface area contributed by atoms with E-state index in [0.29, 0.717) is 6.04 Å². The van der Waals surface area contributed by atoms with E-state index in [1.54, 1.807) is 0 Å². The molecule has 0 radical (unpaired) electrons. The molecule has 4 heteroatoms. The number of aliphatic hydroxyl groups is 1. The number of anilines is 2. The highest BCUT2D eigenvalue weighted by atomic mass is 16.3. The Balaban J connectivity index is 1.38. The maximum atomic E-state index is 10.6. The van der Waals surface area contributed by atoms with Gasteiger partial charge in [0.15, 0.2) is 6.23 Å². The van der Waals surface area contributed by atoms with Crippen molar-refractivity contribution in [3.63, 3.8) is 0 Å². The van der Waals surface area contributed by atoms with E-state index in [2.05, 4.69) is 84.7 Å². The van der Waals surface area contributed by atoms with Crippen LogP contribution in [0.15, 0.2) is 72.8 Å². The second-order valence-corrected chi connectivity index (χ2v) is 8.44. The number of aliphatic hydroxyl groups excluding tert-OH is 1. The molecule has 0 bridgehead atoms. The van der Waals surface area contributed by atoms with Crippen molar-refractivity contribution in [3.8, 4) is 11.1 Å². The average Bonchev–Trinajstić information content (AvgIpc) is 3.25. The predicted molar refractivity (Wildman–Crippen MR) is 126 cm³/mol. The first kappa shape index (κ1) is 20.5. The van der Waals surface area contributed by atoms with E-state index in [4.69, 9.17) is 0 Å². The van der Waals surface area contributed by atoms with Crippen molar-refractivity contribution >= 4 is 11.4 Å². The van der Waals surface area contributed by atoms with Crippen molar-refractivity contribution in [1.82, 2.24) is 4.90 Å². The highest BCUT2D eigenvalue weighted by molar-refractivity contribution is 5.64. The normalized spacial score (nSPS) is 17.4. The summed E-state index contributed by atoms with van der Waals surface area (Å²) in [6.07, 6.45) is 0.455. The number of hydrogen-bond acceptors (Lipinski definition) is 4. The van der Waals surface area contributed by atoms with Crippen molar-refractivity contribution in [2.45, 2.75) is 25.6 Å². The van der Waals surface area contributed by atoms with Gasteiger partial charge < -0.3 is 20.2 Å². The summed E-state index contributed by atoms with van der Waals surface area (Å²) in [7, 11) is 4.30. The lowest BCUT2D eigenvalue weighted by Gasteiger charge is -2.22. The smallest absolute Gasteiger partial charge is 0.150 e. The topological polar surface area (TPSA) is 38.7 Å². The summed E-state index contributed by atoms with van der Waals surface area (Å²) in [4.78, 5) is 4.73. The summed E-state index contributed by atoms with van der Waals surface area (Å²) in [5, 5.41) is 13.8. The van der Waals surface area contributed by atoms with Gasteiger partial charge in [-0.05, 0) is 62.8 Å². The molecule has 4 rings (SSSR count). The number of nitrogens with one attached hydrogen (secondary N) is 1. The Morgan fingerprint density at radius 2 is 1.70 bits per heavy atom. The van der Waals surface area contributed by atoms with Crippen molar-refractivity contribution in [2.24, 2.45) is 0 Å². The summed E-state index contributed by atoms with van der Waals surface area (Å²) in [6.45, 7) is 4.25. The minimum Gasteiger partial charge on any atom is -0.370 e. The maximum Gasteiger partial charge on any atom is 0.150 e. The Labute approximate surface area is 179 Å². The van der Waals surface area contributed by atoms with E-state index in [1.807, 2.05) is 24.3 Å². The van der Waals surface area contributed by atoms with E-state index in [0.717, 1.165) is 29.9 Å². The number of benzene rings is 3. The minimum absolute atomic E-state index is 0.618. The Hall–Kier alpha value is -2.82. The lowest BCUT2D eigenvalue weighted by Crippen LogP contribution is -2.31. The summed E-state index contributed by atoms with van der Waals surface area (Å²) in [6, 6.07) is 25.5. The molecule has 3 aromatic carbocycles. The molecule has 2 atom stereocenters. The Morgan fingerprint density at radius 1 is 0.967 bits per heavy atom. The fourth-order valence-electron chi connectivity index (χ4n) is 4.09. The van der Waals surface area contributed by atoms with Gasteiger partial charge in [-0.1, -0.05) is 54.1 Å². The predicted octanol–water partition coefficient (Wildman–Crippen LogP) is 4.91. The quantitative estimate of drug-likeness (QED) is 0.576. The standard InChI is InChI=1S/C26H31N3O/c1-19-5-4-6-22(17-19)20-7-9-21(10-8-20)26(30)27-23-11-13-24(14-12-23)29-16-15-25(18-29)28(2)3/h4-14,17,25-27,30H,15-16,18H2,1-3H3. The first-order valence-corrected chi connectivity index (χ1v) is 10.6. The van der Waals surface area contributed by atoms with Crippen LogP contribution in [0.1, 0.15) is 23.8 Å². The van der Waals surface area contributed by atoms with Crippen molar-refractivity contribution in [1.29, 1.82) is 0 Å². The molecule has 1 fully saturated rings. The van der Waals surface area contributed by atoms with Gasteiger partial charge in [-0.3, -0.25) is 0 Å². The van der Waals surface area contributed by atoms with Gasteiger partial charge >= 0.3 is 0 Å². The Bertz CT molecular complexity index is 966. The number of aryl methyl sites for hydroxylation is 1. The molecule has 156 valence electrons. The van der Waals surface area contributed by atoms with Crippen molar-refractivity contribution < 1.29 is 5.11 Å². The van der Waals surface area contributed by atoms with Crippen molar-refractivity contribution in [3.05, 3.63) is 83.9 Å². The van der Waals surface area contributed by atoms with Crippen molar-refractivity contribution in [2.75, 3.05) is 37.4 Å². The van der Waals surface area contributed by atoms with Gasteiger partial charge in [0.2, 0.25) is 0 Å². The summed E-state index contributed by atoms with van der Waals surface area (Å²) in [5.41, 5.74) is 6.59. The van der Waals surface area contributed by atoms with Crippen LogP contribution >= 0.6 is 0 Å². The third-order valence-corrected chi connectivity index (χ3v) is 6.01. The highest BCUT2D eigenvalue weighted by Gasteiger charge is 2.23. The lowest BCUT2D eigenvalue weighted by atomic mass is 10.0. The number of nitrogens with zero attached hydrogens (tertiary/aromatic N) is 2. The fourth-order valence-corrected chi connectivity index (χ4v) is 4.09. The largest absolute Gasteiger partial charge is 0.370 e. The van der Waals surface area contributed by atoms with Crippen LogP contribution in [0.4, 0.5) is 11.4 Å². The zero-order valence-electron chi connectivity index (χ0n) is 18.0. The lowest BCUT2D eigenvalue weighted by molar-refractivity contribution is 0.208. The number of hydrogen-bond donors (Lipinski definition) is 2. The molecule has 0 aliphatic carbocycles. The van der Waals surface area contributed by atoms with Gasteiger partial charge in [-0.15, -0.1) is 0 Å². The molecule has 3 aromatic rings. The molecule has 0 aromatic heterocycles. The SMILES string of the molecule is Cc1cccc(-c2ccc(C(O)Nc3ccc(N4CCC(N(C)C)C4)cc3)cc2)c1. The molecule has 0 saturated carbocycles. The molecule has 2 unspecified atom stereocenters. The molecular formula is C26H31N3O. The van der Waals surface area contributed by atoms with Crippen LogP contribution in [0.5, 0.6) is 0 Å². The average molecular weight is 402 g/mol. The molecule has 0 spiro atoms. The Morgan fingerprint density at radius 3 is 2.33 bits per heavy atom. The third kappa shape index (κ3) is 4.66. The highest BCUT2D eigenvalue weighted by Crippen LogP contribution is 2.26. The molecule has 2 N–H and O–H groups in total. The van der Waals surface area contributed by atoms with E-state index in [1.165, 1.54) is 23.2 Å². The summed E-state index contributed by atoms with van der Waals surface area (Å²) >= 11 is 0. The van der Waals surface area contributed by atoms with E-state index >= 15 is 0 Å². The monoisotopic (exact) mass is 401 g/mol. The van der Waals surface area contributed by atoms with Crippen LogP contribution in [0.3, 0.4) is 0 Å². The number of rotatable bonds is 6. The first-order valence-electron chi connectivity index (χ1n) is 10.6. The molecule has 30 heavy (non-hydrogen) atoms. The van der Waals surface area contributed by atoms with E-state index < -0.39 is 6.23 Å². The second-order valence-electron chi connectivity index (χ2n) is 8.44. The fraction of sp³-hybridized carbons (Fsp3) is 0.308. The molecule has 1 aliphatic rings. The molecule has 4 nitrogen and oxygen atoms in total. The van der Waals surface area contributed by atoms with Gasteiger partial charge in [0, 0.05) is 36.1 Å². The van der Waals surface area contributed by atoms with Crippen LogP contribution in [-0.2, 0) is 0 Å². The minimum atomic E-state index is -0.743. The maximum absolute atomic E-state index is 10.6. The zero-order valence-corrected chi connectivity index (χ0v) is 18.0. The summed E-state index contributed by atoms with van der Waals surface area (Å²) < 4.78 is 0. The van der Waals surface area contributed by atoms with Gasteiger partial charge in [0.05, 0.1) is 0 Å². The molecule has 1 aliphatic heterocycles. The number of likely N-dealkylation sites (N-methyl/N-ethyl adjacent to an activating group) is 1. The molecule has 1 heterocycles. The zero-order chi connectivity index (χ0) is 21.1. The summed E-state index contributed by atoms with van der Waals surface area (Å²) in [5.74, 6) is 0. The van der Waals surface area contributed by atoms with Crippen LogP contribution < -0.4 is 10.2 Å². The van der Waals surface area contributed by atoms with E-state index in [9.17, 15) is 5.11 Å². The van der Waals surface area contributed by atoms with Gasteiger partial charge in [-0.25, -0.2) is 0 Å². The second kappa shape index (κ2) is 8.90. The molecule has 0 amide bonds. The van der Waals surface area contributed by atoms with Gasteiger partial charge in [-0.2, -0.15) is 0 Å². The van der Waals surface area contributed by atoms with E-state index in [-0.39, 0.29) is 0 Å². The van der Waals surface area contributed by atoms with Gasteiger partial charge in [0.1, 0.15) is 0 Å². The van der Waals surface area contributed by atoms with Gasteiger partial charge in [0.25, 0.3) is 0 Å². The first-order chi connectivity index (χ1) is 14.5. The van der Waals surface area contributed by atoms with Crippen LogP contribution in [-0.4, -0.2) is 43.2 Å². The Kier molecular flexibility index (Phi) is 6.07. The van der Waals surface area contributed by atoms with Crippen LogP contribution in [0.2, 0.25) is 0 Å². The van der Waals surface area contributed by atoms with Crippen LogP contribution in [0.25, 0.3) is 11.1 Å². The molecular weight excluding hydrogens is 370 g/mol.